The summed E-state index contributed by atoms with van der Waals surface area (Å²) < 4.78 is 12.3. The molecule has 4 rings (SSSR count). The Morgan fingerprint density at radius 1 is 1.48 bits per heavy atom. The molecule has 1 aromatic carbocycles. The molecule has 3 heterocycles. The lowest BCUT2D eigenvalue weighted by atomic mass is 9.82. The number of carbonyl (C=O) groups excluding carboxylic acids is 1. The highest BCUT2D eigenvalue weighted by atomic mass is 32.1. The maximum absolute atomic E-state index is 12.6. The molecule has 2 aliphatic heterocycles. The predicted molar refractivity (Wildman–Crippen MR) is 97.8 cm³/mol. The lowest BCUT2D eigenvalue weighted by molar-refractivity contribution is -0.131. The summed E-state index contributed by atoms with van der Waals surface area (Å²) in [5.74, 6) is 0.673. The van der Waals surface area contributed by atoms with Gasteiger partial charge in [0.15, 0.2) is 0 Å². The number of hydrogen-bond donors (Lipinski definition) is 0. The fourth-order valence-corrected chi connectivity index (χ4v) is 5.10. The van der Waals surface area contributed by atoms with E-state index in [1.807, 2.05) is 23.1 Å². The Balaban J connectivity index is 1.31. The average Bonchev–Trinajstić information content (AvgIpc) is 3.26. The summed E-state index contributed by atoms with van der Waals surface area (Å²) in [5.41, 5.74) is 1.07. The molecule has 134 valence electrons. The minimum absolute atomic E-state index is 0.0114. The first-order chi connectivity index (χ1) is 12.2. The highest BCUT2D eigenvalue weighted by molar-refractivity contribution is 7.18. The smallest absolute Gasteiger partial charge is 0.222 e. The van der Waals surface area contributed by atoms with Crippen molar-refractivity contribution in [1.29, 1.82) is 0 Å². The number of aryl methyl sites for hydroxylation is 1. The predicted octanol–water partition coefficient (Wildman–Crippen LogP) is 2.74. The molecule has 5 nitrogen and oxygen atoms in total. The Kier molecular flexibility index (Phi) is 4.75. The van der Waals surface area contributed by atoms with Crippen LogP contribution < -0.4 is 0 Å². The van der Waals surface area contributed by atoms with E-state index in [2.05, 4.69) is 11.1 Å². The first-order valence-corrected chi connectivity index (χ1v) is 9.71. The fourth-order valence-electron chi connectivity index (χ4n) is 4.09. The molecule has 2 saturated heterocycles. The molecule has 0 radical (unpaired) electrons. The lowest BCUT2D eigenvalue weighted by Crippen LogP contribution is -2.36. The number of methoxy groups -OCH3 is 1. The number of aromatic nitrogens is 1. The molecule has 1 amide bonds. The molecule has 0 saturated carbocycles. The molecule has 2 aliphatic rings. The summed E-state index contributed by atoms with van der Waals surface area (Å²) >= 11 is 1.73. The van der Waals surface area contributed by atoms with Crippen LogP contribution in [0.2, 0.25) is 0 Å². The first kappa shape index (κ1) is 16.9. The number of ether oxygens (including phenoxy) is 2. The van der Waals surface area contributed by atoms with Gasteiger partial charge in [0.05, 0.1) is 35.0 Å². The maximum atomic E-state index is 12.6. The van der Waals surface area contributed by atoms with Gasteiger partial charge in [-0.05, 0) is 25.0 Å². The van der Waals surface area contributed by atoms with Crippen LogP contribution in [0, 0.1) is 11.3 Å². The van der Waals surface area contributed by atoms with Gasteiger partial charge in [0.2, 0.25) is 5.91 Å². The third-order valence-corrected chi connectivity index (χ3v) is 6.52. The number of fused-ring (bicyclic) bond motifs is 2. The van der Waals surface area contributed by atoms with E-state index in [0.29, 0.717) is 25.6 Å². The van der Waals surface area contributed by atoms with Crippen LogP contribution in [-0.4, -0.2) is 55.8 Å². The minimum atomic E-state index is 0.0114. The number of likely N-dealkylation sites (tertiary alicyclic amines) is 1. The number of nitrogens with zero attached hydrogens (tertiary/aromatic N) is 2. The zero-order valence-electron chi connectivity index (χ0n) is 14.6. The van der Waals surface area contributed by atoms with Crippen LogP contribution in [-0.2, 0) is 20.7 Å². The Hall–Kier alpha value is -1.50. The van der Waals surface area contributed by atoms with E-state index >= 15 is 0 Å². The minimum Gasteiger partial charge on any atom is -0.384 e. The van der Waals surface area contributed by atoms with Gasteiger partial charge in [0.25, 0.3) is 0 Å². The molecular weight excluding hydrogens is 336 g/mol. The van der Waals surface area contributed by atoms with Crippen molar-refractivity contribution in [3.05, 3.63) is 29.3 Å². The van der Waals surface area contributed by atoms with Crippen LogP contribution in [0.4, 0.5) is 0 Å². The molecule has 25 heavy (non-hydrogen) atoms. The van der Waals surface area contributed by atoms with Crippen LogP contribution in [0.1, 0.15) is 17.8 Å². The summed E-state index contributed by atoms with van der Waals surface area (Å²) in [7, 11) is 1.73. The Morgan fingerprint density at radius 2 is 2.36 bits per heavy atom. The Bertz CT molecular complexity index is 729. The highest BCUT2D eigenvalue weighted by Gasteiger charge is 2.51. The standard InChI is InChI=1S/C19H24N2O3S/c1-23-12-19-11-21(9-14(19)10-24-13-19)18(22)8-4-7-17-20-15-5-2-3-6-16(15)25-17/h2-3,5-6,14H,4,7-13H2,1H3/t14-,19-/m0/s1. The molecule has 0 bridgehead atoms. The number of amides is 1. The molecule has 6 heteroatoms. The van der Waals surface area contributed by atoms with Crippen molar-refractivity contribution in [3.8, 4) is 0 Å². The number of thiazole rings is 1. The average molecular weight is 360 g/mol. The fraction of sp³-hybridized carbons (Fsp3) is 0.579. The van der Waals surface area contributed by atoms with Gasteiger partial charge in [-0.15, -0.1) is 11.3 Å². The number of benzene rings is 1. The summed E-state index contributed by atoms with van der Waals surface area (Å²) in [5, 5.41) is 1.12. The number of para-hydroxylation sites is 1. The molecule has 1 aromatic heterocycles. The van der Waals surface area contributed by atoms with E-state index in [0.717, 1.165) is 43.1 Å². The Labute approximate surface area is 151 Å². The molecule has 2 atom stereocenters. The van der Waals surface area contributed by atoms with Gasteiger partial charge < -0.3 is 14.4 Å². The third kappa shape index (κ3) is 3.30. The summed E-state index contributed by atoms with van der Waals surface area (Å²) in [6.07, 6.45) is 2.31. The summed E-state index contributed by atoms with van der Waals surface area (Å²) in [6.45, 7) is 3.71. The van der Waals surface area contributed by atoms with Gasteiger partial charge >= 0.3 is 0 Å². The SMILES string of the molecule is COC[C@@]12COC[C@@H]1CN(C(=O)CCCc1nc3ccccc3s1)C2. The van der Waals surface area contributed by atoms with Crippen LogP contribution in [0.5, 0.6) is 0 Å². The van der Waals surface area contributed by atoms with Crippen LogP contribution in [0.15, 0.2) is 24.3 Å². The van der Waals surface area contributed by atoms with E-state index in [9.17, 15) is 4.79 Å². The zero-order chi connectivity index (χ0) is 17.3. The van der Waals surface area contributed by atoms with Crippen molar-refractivity contribution in [1.82, 2.24) is 9.88 Å². The summed E-state index contributed by atoms with van der Waals surface area (Å²) in [6, 6.07) is 8.19. The van der Waals surface area contributed by atoms with Crippen molar-refractivity contribution >= 4 is 27.5 Å². The first-order valence-electron chi connectivity index (χ1n) is 8.89. The molecule has 2 aromatic rings. The largest absolute Gasteiger partial charge is 0.384 e. The lowest BCUT2D eigenvalue weighted by Gasteiger charge is -2.26. The van der Waals surface area contributed by atoms with Gasteiger partial charge in [-0.25, -0.2) is 4.98 Å². The molecule has 0 N–H and O–H groups in total. The van der Waals surface area contributed by atoms with E-state index in [-0.39, 0.29) is 11.3 Å². The van der Waals surface area contributed by atoms with E-state index < -0.39 is 0 Å². The molecule has 0 unspecified atom stereocenters. The molecule has 0 spiro atoms. The number of carbonyl (C=O) groups is 1. The van der Waals surface area contributed by atoms with E-state index in [4.69, 9.17) is 9.47 Å². The van der Waals surface area contributed by atoms with Crippen LogP contribution in [0.3, 0.4) is 0 Å². The summed E-state index contributed by atoms with van der Waals surface area (Å²) in [4.78, 5) is 19.3. The van der Waals surface area contributed by atoms with Crippen LogP contribution in [0.25, 0.3) is 10.2 Å². The quantitative estimate of drug-likeness (QED) is 0.795. The van der Waals surface area contributed by atoms with Crippen LogP contribution >= 0.6 is 11.3 Å². The number of hydrogen-bond acceptors (Lipinski definition) is 5. The van der Waals surface area contributed by atoms with Crippen molar-refractivity contribution < 1.29 is 14.3 Å². The second-order valence-corrected chi connectivity index (χ2v) is 8.33. The van der Waals surface area contributed by atoms with E-state index in [1.54, 1.807) is 18.4 Å². The van der Waals surface area contributed by atoms with Gasteiger partial charge in [0.1, 0.15) is 0 Å². The monoisotopic (exact) mass is 360 g/mol. The van der Waals surface area contributed by atoms with Gasteiger partial charge in [-0.2, -0.15) is 0 Å². The molecular formula is C19H24N2O3S. The Morgan fingerprint density at radius 3 is 3.20 bits per heavy atom. The van der Waals surface area contributed by atoms with Gasteiger partial charge in [0, 0.05) is 38.0 Å². The van der Waals surface area contributed by atoms with Gasteiger partial charge in [-0.3, -0.25) is 4.79 Å². The van der Waals surface area contributed by atoms with Gasteiger partial charge in [-0.1, -0.05) is 12.1 Å². The van der Waals surface area contributed by atoms with Crippen molar-refractivity contribution in [2.75, 3.05) is 40.0 Å². The van der Waals surface area contributed by atoms with Crippen molar-refractivity contribution in [2.24, 2.45) is 11.3 Å². The third-order valence-electron chi connectivity index (χ3n) is 5.43. The molecule has 2 fully saturated rings. The number of rotatable bonds is 6. The highest BCUT2D eigenvalue weighted by Crippen LogP contribution is 2.41. The topological polar surface area (TPSA) is 51.7 Å². The van der Waals surface area contributed by atoms with E-state index in [1.165, 1.54) is 4.70 Å². The maximum Gasteiger partial charge on any atom is 0.222 e. The normalized spacial score (nSPS) is 25.6. The van der Waals surface area contributed by atoms with Crippen molar-refractivity contribution in [2.45, 2.75) is 19.3 Å². The zero-order valence-corrected chi connectivity index (χ0v) is 15.4. The van der Waals surface area contributed by atoms with Crippen molar-refractivity contribution in [3.63, 3.8) is 0 Å². The molecule has 0 aliphatic carbocycles. The second kappa shape index (κ2) is 7.02. The second-order valence-electron chi connectivity index (χ2n) is 7.21.